The van der Waals surface area contributed by atoms with Crippen molar-refractivity contribution in [1.82, 2.24) is 4.90 Å². The number of rotatable bonds is 8. The van der Waals surface area contributed by atoms with E-state index in [2.05, 4.69) is 41.1 Å². The molecule has 3 fully saturated rings. The summed E-state index contributed by atoms with van der Waals surface area (Å²) in [4.78, 5) is 13.3. The first-order valence-electron chi connectivity index (χ1n) is 13.9. The normalized spacial score (nSPS) is 23.9. The number of halogens is 2. The molecule has 202 valence electrons. The number of hydrogen-bond donors (Lipinski definition) is 1. The summed E-state index contributed by atoms with van der Waals surface area (Å²) in [7, 11) is 0. The van der Waals surface area contributed by atoms with Gasteiger partial charge in [0.2, 0.25) is 5.91 Å². The Bertz CT molecular complexity index is 1160. The highest BCUT2D eigenvalue weighted by atomic mass is 35.5. The summed E-state index contributed by atoms with van der Waals surface area (Å²) in [5, 5.41) is 12.8. The van der Waals surface area contributed by atoms with Crippen molar-refractivity contribution >= 4 is 34.8 Å². The Morgan fingerprint density at radius 1 is 1.16 bits per heavy atom. The van der Waals surface area contributed by atoms with E-state index in [1.165, 1.54) is 95.5 Å². The molecule has 2 aromatic rings. The van der Waals surface area contributed by atoms with Crippen molar-refractivity contribution in [3.8, 4) is 6.07 Å². The van der Waals surface area contributed by atoms with E-state index in [0.717, 1.165) is 17.4 Å². The van der Waals surface area contributed by atoms with Gasteiger partial charge in [-0.05, 0) is 131 Å². The second-order valence-electron chi connectivity index (χ2n) is 11.2. The third-order valence-corrected chi connectivity index (χ3v) is 8.92. The van der Waals surface area contributed by atoms with Crippen LogP contribution >= 0.6 is 23.2 Å². The molecule has 1 heterocycles. The minimum atomic E-state index is -0.145. The van der Waals surface area contributed by atoms with Gasteiger partial charge in [-0.1, -0.05) is 47.5 Å². The van der Waals surface area contributed by atoms with Gasteiger partial charge in [-0.15, -0.1) is 0 Å². The Hall–Kier alpha value is -2.32. The summed E-state index contributed by atoms with van der Waals surface area (Å²) in [5.74, 6) is 1.41. The first-order chi connectivity index (χ1) is 18.3. The molecule has 2 unspecified atom stereocenters. The molecular weight excluding hydrogens is 513 g/mol. The van der Waals surface area contributed by atoms with E-state index < -0.39 is 0 Å². The molecule has 1 amide bonds. The second-order valence-corrected chi connectivity index (χ2v) is 12.1. The van der Waals surface area contributed by atoms with Gasteiger partial charge in [-0.2, -0.15) is 5.26 Å². The number of nitrogens with zero attached hydrogens (tertiary/aromatic N) is 2. The number of fused-ring (bicyclic) bond motifs is 1. The molecular formula is C32H39Cl2N3O. The van der Waals surface area contributed by atoms with Crippen LogP contribution in [0.5, 0.6) is 0 Å². The number of allylic oxidation sites excluding steroid dienone is 1. The van der Waals surface area contributed by atoms with Crippen LogP contribution < -0.4 is 5.32 Å². The van der Waals surface area contributed by atoms with Crippen LogP contribution in [-0.2, 0) is 10.2 Å². The first-order valence-corrected chi connectivity index (χ1v) is 14.7. The monoisotopic (exact) mass is 551 g/mol. The Morgan fingerprint density at radius 3 is 2.55 bits per heavy atom. The Balaban J connectivity index is 0.000000236. The third kappa shape index (κ3) is 7.63. The predicted molar refractivity (Wildman–Crippen MR) is 158 cm³/mol. The zero-order chi connectivity index (χ0) is 27.1. The van der Waals surface area contributed by atoms with E-state index in [0.29, 0.717) is 21.1 Å². The van der Waals surface area contributed by atoms with Crippen LogP contribution in [0.3, 0.4) is 0 Å². The number of anilines is 1. The number of carbonyl (C=O) groups excluding carboxylic acids is 1. The Morgan fingerprint density at radius 2 is 1.89 bits per heavy atom. The molecule has 38 heavy (non-hydrogen) atoms. The number of amides is 1. The average Bonchev–Trinajstić information content (AvgIpc) is 3.40. The van der Waals surface area contributed by atoms with Gasteiger partial charge in [-0.3, -0.25) is 4.79 Å². The molecule has 3 aliphatic rings. The van der Waals surface area contributed by atoms with Crippen LogP contribution in [0.15, 0.2) is 54.6 Å². The number of nitrogens with one attached hydrogen (secondary N) is 1. The van der Waals surface area contributed by atoms with Gasteiger partial charge in [0.25, 0.3) is 0 Å². The lowest BCUT2D eigenvalue weighted by Gasteiger charge is -2.30. The molecule has 2 saturated carbocycles. The van der Waals surface area contributed by atoms with E-state index >= 15 is 0 Å². The minimum Gasteiger partial charge on any atom is -0.326 e. The van der Waals surface area contributed by atoms with E-state index in [9.17, 15) is 10.1 Å². The molecule has 1 aliphatic heterocycles. The van der Waals surface area contributed by atoms with E-state index in [1.807, 2.05) is 6.07 Å². The molecule has 0 bridgehead atoms. The Labute approximate surface area is 238 Å². The molecule has 0 spiro atoms. The lowest BCUT2D eigenvalue weighted by molar-refractivity contribution is -0.114. The number of likely N-dealkylation sites (tertiary alicyclic amines) is 1. The molecule has 0 radical (unpaired) electrons. The first kappa shape index (κ1) is 28.7. The van der Waals surface area contributed by atoms with Crippen molar-refractivity contribution < 1.29 is 4.79 Å². The number of unbranched alkanes of at least 4 members (excludes halogenated alkanes) is 1. The van der Waals surface area contributed by atoms with Gasteiger partial charge in [0, 0.05) is 22.7 Å². The topological polar surface area (TPSA) is 56.1 Å². The van der Waals surface area contributed by atoms with Crippen molar-refractivity contribution in [2.45, 2.75) is 70.1 Å². The molecule has 6 heteroatoms. The predicted octanol–water partition coefficient (Wildman–Crippen LogP) is 8.39. The van der Waals surface area contributed by atoms with E-state index in [-0.39, 0.29) is 5.91 Å². The fraction of sp³-hybridized carbons (Fsp3) is 0.500. The van der Waals surface area contributed by atoms with Gasteiger partial charge in [-0.25, -0.2) is 0 Å². The average molecular weight is 553 g/mol. The third-order valence-electron chi connectivity index (χ3n) is 8.49. The lowest BCUT2D eigenvalue weighted by Crippen LogP contribution is -2.21. The second kappa shape index (κ2) is 13.2. The fourth-order valence-electron chi connectivity index (χ4n) is 6.38. The van der Waals surface area contributed by atoms with Crippen molar-refractivity contribution in [3.05, 3.63) is 75.8 Å². The molecule has 4 nitrogen and oxygen atoms in total. The largest absolute Gasteiger partial charge is 0.326 e. The summed E-state index contributed by atoms with van der Waals surface area (Å²) in [5.41, 5.74) is 4.74. The molecule has 2 aliphatic carbocycles. The lowest BCUT2D eigenvalue weighted by atomic mass is 9.75. The van der Waals surface area contributed by atoms with Gasteiger partial charge in [0.1, 0.15) is 0 Å². The smallest absolute Gasteiger partial charge is 0.221 e. The quantitative estimate of drug-likeness (QED) is 0.264. The van der Waals surface area contributed by atoms with Crippen LogP contribution in [0.25, 0.3) is 0 Å². The van der Waals surface area contributed by atoms with E-state index in [4.69, 9.17) is 23.2 Å². The zero-order valence-corrected chi connectivity index (χ0v) is 24.0. The highest BCUT2D eigenvalue weighted by molar-refractivity contribution is 6.35. The number of benzene rings is 2. The SMILES string of the molecule is C=C(CCCCN1CCCC1)C1CC[C@]2(c3cccc(C#N)c3)CC2C1.CC(=O)Nc1cc(Cl)cc(Cl)c1. The van der Waals surface area contributed by atoms with Gasteiger partial charge in [0.15, 0.2) is 0 Å². The molecule has 1 saturated heterocycles. The zero-order valence-electron chi connectivity index (χ0n) is 22.4. The maximum Gasteiger partial charge on any atom is 0.221 e. The standard InChI is InChI=1S/C24H32N2.C8H7Cl2NO/c1-19(7-2-3-12-26-13-4-5-14-26)21-10-11-24(17-23(24)16-21)22-9-6-8-20(15-22)18-25;1-5(12)11-8-3-6(9)2-7(10)4-8/h6,8-9,15,21,23H,1-5,7,10-14,16-17H2;2-4H,1H3,(H,11,12)/t21?,23?,24-;/m1./s1. The number of carbonyl (C=O) groups is 1. The van der Waals surface area contributed by atoms with Crippen LogP contribution in [0.2, 0.25) is 10.0 Å². The van der Waals surface area contributed by atoms with E-state index in [1.54, 1.807) is 18.2 Å². The van der Waals surface area contributed by atoms with Crippen molar-refractivity contribution in [2.24, 2.45) is 11.8 Å². The summed E-state index contributed by atoms with van der Waals surface area (Å²) < 4.78 is 0. The highest BCUT2D eigenvalue weighted by Gasteiger charge is 2.57. The van der Waals surface area contributed by atoms with Crippen LogP contribution in [0.4, 0.5) is 5.69 Å². The summed E-state index contributed by atoms with van der Waals surface area (Å²) in [6, 6.07) is 15.5. The highest BCUT2D eigenvalue weighted by Crippen LogP contribution is 2.64. The fourth-order valence-corrected chi connectivity index (χ4v) is 6.91. The van der Waals surface area contributed by atoms with Crippen LogP contribution in [0, 0.1) is 23.2 Å². The minimum absolute atomic E-state index is 0.145. The maximum absolute atomic E-state index is 10.6. The number of nitriles is 1. The summed E-state index contributed by atoms with van der Waals surface area (Å²) in [6.07, 6.45) is 11.9. The molecule has 0 aromatic heterocycles. The van der Waals surface area contributed by atoms with Crippen LogP contribution in [0.1, 0.15) is 75.8 Å². The molecule has 2 aromatic carbocycles. The summed E-state index contributed by atoms with van der Waals surface area (Å²) >= 11 is 11.4. The number of hydrogen-bond acceptors (Lipinski definition) is 3. The van der Waals surface area contributed by atoms with Crippen molar-refractivity contribution in [3.63, 3.8) is 0 Å². The summed E-state index contributed by atoms with van der Waals surface area (Å²) in [6.45, 7) is 9.82. The maximum atomic E-state index is 10.6. The molecule has 1 N–H and O–H groups in total. The Kier molecular flexibility index (Phi) is 9.93. The molecule has 3 atom stereocenters. The van der Waals surface area contributed by atoms with Crippen LogP contribution in [-0.4, -0.2) is 30.4 Å². The van der Waals surface area contributed by atoms with Crippen molar-refractivity contribution in [1.29, 1.82) is 5.26 Å². The van der Waals surface area contributed by atoms with Crippen molar-refractivity contribution in [2.75, 3.05) is 25.0 Å². The van der Waals surface area contributed by atoms with Gasteiger partial charge < -0.3 is 10.2 Å². The van der Waals surface area contributed by atoms with Gasteiger partial charge >= 0.3 is 0 Å². The van der Waals surface area contributed by atoms with Gasteiger partial charge in [0.05, 0.1) is 11.6 Å². The molecule has 5 rings (SSSR count).